The van der Waals surface area contributed by atoms with Crippen molar-refractivity contribution in [2.45, 2.75) is 6.10 Å². The lowest BCUT2D eigenvalue weighted by molar-refractivity contribution is -0.136. The van der Waals surface area contributed by atoms with Gasteiger partial charge in [0.2, 0.25) is 0 Å². The van der Waals surface area contributed by atoms with Crippen LogP contribution in [-0.4, -0.2) is 43.5 Å². The van der Waals surface area contributed by atoms with Gasteiger partial charge in [0.1, 0.15) is 11.6 Å². The first-order valence-electron chi connectivity index (χ1n) is 8.28. The molecule has 28 heavy (non-hydrogen) atoms. The highest BCUT2D eigenvalue weighted by molar-refractivity contribution is 6.39. The van der Waals surface area contributed by atoms with Gasteiger partial charge in [-0.1, -0.05) is 12.1 Å². The normalized spacial score (nSPS) is 11.3. The fourth-order valence-corrected chi connectivity index (χ4v) is 2.37. The molecule has 0 heterocycles. The van der Waals surface area contributed by atoms with Gasteiger partial charge in [-0.2, -0.15) is 0 Å². The molecular formula is C19H20FN3O5. The van der Waals surface area contributed by atoms with Crippen molar-refractivity contribution in [3.63, 3.8) is 0 Å². The zero-order valence-electron chi connectivity index (χ0n) is 15.3. The van der Waals surface area contributed by atoms with E-state index in [4.69, 9.17) is 4.74 Å². The minimum absolute atomic E-state index is 0.134. The van der Waals surface area contributed by atoms with E-state index in [0.717, 1.165) is 6.07 Å². The number of carbonyl (C=O) groups is 3. The van der Waals surface area contributed by atoms with Gasteiger partial charge < -0.3 is 25.8 Å². The Morgan fingerprint density at radius 2 is 1.89 bits per heavy atom. The van der Waals surface area contributed by atoms with Crippen LogP contribution in [0.1, 0.15) is 22.0 Å². The third-order valence-corrected chi connectivity index (χ3v) is 3.83. The van der Waals surface area contributed by atoms with E-state index in [0.29, 0.717) is 0 Å². The molecule has 1 unspecified atom stereocenters. The van der Waals surface area contributed by atoms with Crippen molar-refractivity contribution >= 4 is 23.4 Å². The maximum absolute atomic E-state index is 13.2. The second-order valence-electron chi connectivity index (χ2n) is 5.73. The van der Waals surface area contributed by atoms with Gasteiger partial charge in [-0.15, -0.1) is 0 Å². The summed E-state index contributed by atoms with van der Waals surface area (Å²) in [5, 5.41) is 17.1. The summed E-state index contributed by atoms with van der Waals surface area (Å²) >= 11 is 0. The Labute approximate surface area is 160 Å². The van der Waals surface area contributed by atoms with E-state index in [1.54, 1.807) is 0 Å². The summed E-state index contributed by atoms with van der Waals surface area (Å²) in [5.41, 5.74) is 0.663. The van der Waals surface area contributed by atoms with Gasteiger partial charge >= 0.3 is 11.8 Å². The highest BCUT2D eigenvalue weighted by Crippen LogP contribution is 2.25. The molecule has 2 aromatic carbocycles. The maximum Gasteiger partial charge on any atom is 0.313 e. The van der Waals surface area contributed by atoms with Crippen molar-refractivity contribution in [2.75, 3.05) is 26.0 Å². The minimum atomic E-state index is -1.18. The molecule has 0 spiro atoms. The molecule has 1 atom stereocenters. The van der Waals surface area contributed by atoms with Crippen LogP contribution in [0.4, 0.5) is 10.1 Å². The van der Waals surface area contributed by atoms with Crippen LogP contribution in [0.25, 0.3) is 0 Å². The smallest absolute Gasteiger partial charge is 0.313 e. The molecule has 2 aromatic rings. The Balaban J connectivity index is 2.02. The summed E-state index contributed by atoms with van der Waals surface area (Å²) in [6, 6.07) is 9.62. The summed E-state index contributed by atoms with van der Waals surface area (Å²) in [6.45, 7) is -0.287. The van der Waals surface area contributed by atoms with Crippen molar-refractivity contribution in [1.29, 1.82) is 0 Å². The average Bonchev–Trinajstić information content (AvgIpc) is 2.70. The molecule has 0 aliphatic rings. The highest BCUT2D eigenvalue weighted by atomic mass is 19.1. The summed E-state index contributed by atoms with van der Waals surface area (Å²) in [4.78, 5) is 35.8. The Kier molecular flexibility index (Phi) is 7.05. The lowest BCUT2D eigenvalue weighted by Crippen LogP contribution is -2.37. The number of benzene rings is 2. The van der Waals surface area contributed by atoms with Crippen molar-refractivity contribution in [2.24, 2.45) is 0 Å². The molecule has 8 nitrogen and oxygen atoms in total. The van der Waals surface area contributed by atoms with Crippen LogP contribution < -0.4 is 20.7 Å². The predicted molar refractivity (Wildman–Crippen MR) is 99.4 cm³/mol. The lowest BCUT2D eigenvalue weighted by atomic mass is 10.1. The van der Waals surface area contributed by atoms with Crippen LogP contribution in [0.15, 0.2) is 42.5 Å². The van der Waals surface area contributed by atoms with Crippen LogP contribution in [0.3, 0.4) is 0 Å². The molecule has 0 aromatic heterocycles. The van der Waals surface area contributed by atoms with Gasteiger partial charge in [-0.3, -0.25) is 14.4 Å². The third kappa shape index (κ3) is 5.27. The Bertz CT molecular complexity index is 888. The number of nitrogens with one attached hydrogen (secondary N) is 3. The van der Waals surface area contributed by atoms with E-state index in [2.05, 4.69) is 16.0 Å². The van der Waals surface area contributed by atoms with Crippen LogP contribution in [0, 0.1) is 5.82 Å². The SMILES string of the molecule is CNC(=O)c1ccc(OC)c(NC(=O)C(=O)NCC(O)c2cccc(F)c2)c1. The number of hydrogen-bond acceptors (Lipinski definition) is 5. The number of rotatable bonds is 6. The van der Waals surface area contributed by atoms with Gasteiger partial charge in [0, 0.05) is 19.2 Å². The summed E-state index contributed by atoms with van der Waals surface area (Å²) in [7, 11) is 2.84. The number of amides is 3. The number of aliphatic hydroxyl groups is 1. The van der Waals surface area contributed by atoms with E-state index in [1.807, 2.05) is 0 Å². The Morgan fingerprint density at radius 3 is 2.54 bits per heavy atom. The largest absolute Gasteiger partial charge is 0.495 e. The number of aliphatic hydroxyl groups excluding tert-OH is 1. The summed E-state index contributed by atoms with van der Waals surface area (Å²) in [5.74, 6) is -2.67. The van der Waals surface area contributed by atoms with E-state index < -0.39 is 23.7 Å². The number of methoxy groups -OCH3 is 1. The molecule has 0 aliphatic heterocycles. The summed E-state index contributed by atoms with van der Waals surface area (Å²) < 4.78 is 18.3. The monoisotopic (exact) mass is 389 g/mol. The lowest BCUT2D eigenvalue weighted by Gasteiger charge is -2.14. The van der Waals surface area contributed by atoms with Crippen LogP contribution >= 0.6 is 0 Å². The Hall–Kier alpha value is -3.46. The van der Waals surface area contributed by atoms with Gasteiger partial charge in [-0.05, 0) is 35.9 Å². The second kappa shape index (κ2) is 9.47. The molecule has 2 rings (SSSR count). The molecule has 0 saturated carbocycles. The topological polar surface area (TPSA) is 117 Å². The molecule has 0 aliphatic carbocycles. The van der Waals surface area contributed by atoms with E-state index in [-0.39, 0.29) is 35.0 Å². The van der Waals surface area contributed by atoms with Crippen LogP contribution in [0.2, 0.25) is 0 Å². The quantitative estimate of drug-likeness (QED) is 0.550. The van der Waals surface area contributed by atoms with Crippen LogP contribution in [-0.2, 0) is 9.59 Å². The highest BCUT2D eigenvalue weighted by Gasteiger charge is 2.19. The van der Waals surface area contributed by atoms with Gasteiger partial charge in [-0.25, -0.2) is 4.39 Å². The minimum Gasteiger partial charge on any atom is -0.495 e. The van der Waals surface area contributed by atoms with E-state index in [1.165, 1.54) is 50.6 Å². The first-order valence-corrected chi connectivity index (χ1v) is 8.28. The van der Waals surface area contributed by atoms with Crippen molar-refractivity contribution in [3.8, 4) is 5.75 Å². The molecule has 4 N–H and O–H groups in total. The molecule has 0 fully saturated rings. The fourth-order valence-electron chi connectivity index (χ4n) is 2.37. The number of halogens is 1. The average molecular weight is 389 g/mol. The van der Waals surface area contributed by atoms with E-state index in [9.17, 15) is 23.9 Å². The molecule has 3 amide bonds. The molecule has 0 radical (unpaired) electrons. The van der Waals surface area contributed by atoms with E-state index >= 15 is 0 Å². The Morgan fingerprint density at radius 1 is 1.14 bits per heavy atom. The molecule has 148 valence electrons. The molecular weight excluding hydrogens is 369 g/mol. The number of hydrogen-bond donors (Lipinski definition) is 4. The first kappa shape index (κ1) is 20.8. The maximum atomic E-state index is 13.2. The second-order valence-corrected chi connectivity index (χ2v) is 5.73. The number of anilines is 1. The van der Waals surface area contributed by atoms with Gasteiger partial charge in [0.05, 0.1) is 18.9 Å². The van der Waals surface area contributed by atoms with Crippen molar-refractivity contribution in [1.82, 2.24) is 10.6 Å². The summed E-state index contributed by atoms with van der Waals surface area (Å²) in [6.07, 6.45) is -1.18. The molecule has 0 bridgehead atoms. The number of ether oxygens (including phenoxy) is 1. The fraction of sp³-hybridized carbons (Fsp3) is 0.211. The van der Waals surface area contributed by atoms with Gasteiger partial charge in [0.15, 0.2) is 0 Å². The predicted octanol–water partition coefficient (Wildman–Crippen LogP) is 0.982. The molecule has 0 saturated heterocycles. The standard InChI is InChI=1S/C19H20FN3O5/c1-21-17(25)12-6-7-16(28-2)14(9-12)23-19(27)18(26)22-10-15(24)11-4-3-5-13(20)8-11/h3-9,15,24H,10H2,1-2H3,(H,21,25)(H,22,26)(H,23,27). The molecule has 9 heteroatoms. The third-order valence-electron chi connectivity index (χ3n) is 3.83. The first-order chi connectivity index (χ1) is 13.3. The number of carbonyl (C=O) groups excluding carboxylic acids is 3. The van der Waals surface area contributed by atoms with Crippen molar-refractivity contribution < 1.29 is 28.6 Å². The zero-order valence-corrected chi connectivity index (χ0v) is 15.3. The van der Waals surface area contributed by atoms with Crippen LogP contribution in [0.5, 0.6) is 5.75 Å². The van der Waals surface area contributed by atoms with Gasteiger partial charge in [0.25, 0.3) is 5.91 Å². The zero-order chi connectivity index (χ0) is 20.7. The van der Waals surface area contributed by atoms with Crippen molar-refractivity contribution in [3.05, 3.63) is 59.4 Å².